The van der Waals surface area contributed by atoms with Gasteiger partial charge in [-0.05, 0) is 25.5 Å². The first-order valence-corrected chi connectivity index (χ1v) is 5.03. The Morgan fingerprint density at radius 2 is 2.00 bits per heavy atom. The van der Waals surface area contributed by atoms with Crippen LogP contribution < -0.4 is 4.90 Å². The number of hydrogen-bond donors (Lipinski definition) is 0. The van der Waals surface area contributed by atoms with E-state index < -0.39 is 0 Å². The molecule has 0 N–H and O–H groups in total. The maximum atomic E-state index is 5.33. The molecule has 0 radical (unpaired) electrons. The molecule has 1 aromatic rings. The summed E-state index contributed by atoms with van der Waals surface area (Å²) in [7, 11) is 0. The molecule has 14 heavy (non-hydrogen) atoms. The Hall–Kier alpha value is -1.09. The molecule has 0 amide bonds. The highest BCUT2D eigenvalue weighted by Gasteiger charge is 2.13. The van der Waals surface area contributed by atoms with Crippen LogP contribution in [0.4, 0.5) is 5.69 Å². The van der Waals surface area contributed by atoms with Crippen molar-refractivity contribution in [3.63, 3.8) is 0 Å². The third kappa shape index (κ3) is 1.87. The topological polar surface area (TPSA) is 25.4 Å². The molecule has 2 rings (SSSR count). The molecular weight excluding hydrogens is 176 g/mol. The number of morpholine rings is 1. The minimum absolute atomic E-state index is 0.827. The molecule has 0 aliphatic carbocycles. The molecule has 2 heterocycles. The number of aromatic nitrogens is 1. The Kier molecular flexibility index (Phi) is 2.68. The van der Waals surface area contributed by atoms with Gasteiger partial charge in [-0.2, -0.15) is 0 Å². The largest absolute Gasteiger partial charge is 0.378 e. The van der Waals surface area contributed by atoms with Crippen molar-refractivity contribution >= 4 is 5.69 Å². The first-order chi connectivity index (χ1) is 6.77. The third-order valence-corrected chi connectivity index (χ3v) is 2.55. The predicted molar refractivity (Wildman–Crippen MR) is 56.7 cm³/mol. The third-order valence-electron chi connectivity index (χ3n) is 2.55. The monoisotopic (exact) mass is 192 g/mol. The summed E-state index contributed by atoms with van der Waals surface area (Å²) in [6, 6.07) is 2.20. The van der Waals surface area contributed by atoms with Gasteiger partial charge in [0.1, 0.15) is 0 Å². The lowest BCUT2D eigenvalue weighted by atomic mass is 10.2. The molecule has 1 aromatic heterocycles. The zero-order chi connectivity index (χ0) is 9.97. The molecule has 76 valence electrons. The van der Waals surface area contributed by atoms with Crippen molar-refractivity contribution < 1.29 is 4.74 Å². The van der Waals surface area contributed by atoms with Gasteiger partial charge in [0.2, 0.25) is 0 Å². The maximum Gasteiger partial charge on any atom is 0.0642 e. The molecule has 0 spiro atoms. The van der Waals surface area contributed by atoms with Gasteiger partial charge in [-0.15, -0.1) is 0 Å². The van der Waals surface area contributed by atoms with E-state index in [2.05, 4.69) is 29.8 Å². The molecule has 3 nitrogen and oxygen atoms in total. The van der Waals surface area contributed by atoms with Gasteiger partial charge >= 0.3 is 0 Å². The van der Waals surface area contributed by atoms with Crippen LogP contribution >= 0.6 is 0 Å². The van der Waals surface area contributed by atoms with Crippen molar-refractivity contribution in [1.29, 1.82) is 0 Å². The fraction of sp³-hybridized carbons (Fsp3) is 0.545. The van der Waals surface area contributed by atoms with Crippen molar-refractivity contribution in [3.05, 3.63) is 23.5 Å². The molecule has 0 atom stereocenters. The summed E-state index contributed by atoms with van der Waals surface area (Å²) in [5.41, 5.74) is 3.59. The summed E-state index contributed by atoms with van der Waals surface area (Å²) < 4.78 is 5.33. The van der Waals surface area contributed by atoms with Crippen LogP contribution in [0.2, 0.25) is 0 Å². The van der Waals surface area contributed by atoms with E-state index in [0.717, 1.165) is 32.0 Å². The smallest absolute Gasteiger partial charge is 0.0642 e. The lowest BCUT2D eigenvalue weighted by Crippen LogP contribution is -2.36. The molecular formula is C11H16N2O. The molecule has 0 saturated carbocycles. The normalized spacial score (nSPS) is 17.1. The van der Waals surface area contributed by atoms with Crippen LogP contribution in [0.3, 0.4) is 0 Å². The van der Waals surface area contributed by atoms with Crippen LogP contribution in [0, 0.1) is 13.8 Å². The predicted octanol–water partition coefficient (Wildman–Crippen LogP) is 1.54. The standard InChI is InChI=1S/C11H16N2O/c1-9-7-11(10(2)12-8-9)13-3-5-14-6-4-13/h7-8H,3-6H2,1-2H3. The van der Waals surface area contributed by atoms with Crippen molar-refractivity contribution in [2.75, 3.05) is 31.2 Å². The van der Waals surface area contributed by atoms with E-state index >= 15 is 0 Å². The molecule has 0 aromatic carbocycles. The van der Waals surface area contributed by atoms with Crippen LogP contribution in [0.25, 0.3) is 0 Å². The number of anilines is 1. The quantitative estimate of drug-likeness (QED) is 0.674. The van der Waals surface area contributed by atoms with E-state index in [4.69, 9.17) is 4.74 Å². The van der Waals surface area contributed by atoms with E-state index in [1.807, 2.05) is 6.20 Å². The molecule has 1 fully saturated rings. The second-order valence-corrected chi connectivity index (χ2v) is 3.72. The molecule has 1 saturated heterocycles. The van der Waals surface area contributed by atoms with Crippen LogP contribution in [-0.4, -0.2) is 31.3 Å². The van der Waals surface area contributed by atoms with Crippen LogP contribution in [0.5, 0.6) is 0 Å². The summed E-state index contributed by atoms with van der Waals surface area (Å²) in [5, 5.41) is 0. The Bertz CT molecular complexity index is 319. The van der Waals surface area contributed by atoms with Crippen molar-refractivity contribution in [2.45, 2.75) is 13.8 Å². The zero-order valence-electron chi connectivity index (χ0n) is 8.79. The lowest BCUT2D eigenvalue weighted by molar-refractivity contribution is 0.122. The molecule has 1 aliphatic rings. The molecule has 0 unspecified atom stereocenters. The van der Waals surface area contributed by atoms with E-state index in [1.54, 1.807) is 0 Å². The van der Waals surface area contributed by atoms with Gasteiger partial charge in [-0.25, -0.2) is 0 Å². The second-order valence-electron chi connectivity index (χ2n) is 3.72. The molecule has 3 heteroatoms. The number of aryl methyl sites for hydroxylation is 2. The second kappa shape index (κ2) is 3.96. The Balaban J connectivity index is 2.24. The summed E-state index contributed by atoms with van der Waals surface area (Å²) in [6.45, 7) is 7.75. The summed E-state index contributed by atoms with van der Waals surface area (Å²) in [6.07, 6.45) is 1.92. The Morgan fingerprint density at radius 1 is 1.29 bits per heavy atom. The van der Waals surface area contributed by atoms with Gasteiger partial charge in [-0.3, -0.25) is 4.98 Å². The van der Waals surface area contributed by atoms with Gasteiger partial charge in [0.05, 0.1) is 24.6 Å². The fourth-order valence-electron chi connectivity index (χ4n) is 1.75. The summed E-state index contributed by atoms with van der Waals surface area (Å²) >= 11 is 0. The lowest BCUT2D eigenvalue weighted by Gasteiger charge is -2.29. The number of ether oxygens (including phenoxy) is 1. The van der Waals surface area contributed by atoms with Gasteiger partial charge in [0.15, 0.2) is 0 Å². The van der Waals surface area contributed by atoms with Crippen LogP contribution in [-0.2, 0) is 4.74 Å². The SMILES string of the molecule is Cc1cnc(C)c(N2CCOCC2)c1. The van der Waals surface area contributed by atoms with Gasteiger partial charge in [0.25, 0.3) is 0 Å². The van der Waals surface area contributed by atoms with E-state index in [0.29, 0.717) is 0 Å². The number of hydrogen-bond acceptors (Lipinski definition) is 3. The van der Waals surface area contributed by atoms with Crippen LogP contribution in [0.15, 0.2) is 12.3 Å². The first-order valence-electron chi connectivity index (χ1n) is 5.03. The number of pyridine rings is 1. The zero-order valence-corrected chi connectivity index (χ0v) is 8.79. The van der Waals surface area contributed by atoms with E-state index in [1.165, 1.54) is 11.3 Å². The van der Waals surface area contributed by atoms with E-state index in [9.17, 15) is 0 Å². The minimum Gasteiger partial charge on any atom is -0.378 e. The van der Waals surface area contributed by atoms with Gasteiger partial charge in [0, 0.05) is 19.3 Å². The molecule has 1 aliphatic heterocycles. The summed E-state index contributed by atoms with van der Waals surface area (Å²) in [5.74, 6) is 0. The van der Waals surface area contributed by atoms with Crippen molar-refractivity contribution in [1.82, 2.24) is 4.98 Å². The Morgan fingerprint density at radius 3 is 2.71 bits per heavy atom. The van der Waals surface area contributed by atoms with Gasteiger partial charge < -0.3 is 9.64 Å². The highest BCUT2D eigenvalue weighted by atomic mass is 16.5. The minimum atomic E-state index is 0.827. The highest BCUT2D eigenvalue weighted by Crippen LogP contribution is 2.20. The Labute approximate surface area is 84.7 Å². The van der Waals surface area contributed by atoms with Gasteiger partial charge in [-0.1, -0.05) is 0 Å². The molecule has 0 bridgehead atoms. The van der Waals surface area contributed by atoms with Crippen molar-refractivity contribution in [3.8, 4) is 0 Å². The highest BCUT2D eigenvalue weighted by molar-refractivity contribution is 5.51. The number of rotatable bonds is 1. The first kappa shape index (κ1) is 9.46. The summed E-state index contributed by atoms with van der Waals surface area (Å²) in [4.78, 5) is 6.72. The van der Waals surface area contributed by atoms with E-state index in [-0.39, 0.29) is 0 Å². The average Bonchev–Trinajstić information content (AvgIpc) is 2.23. The fourth-order valence-corrected chi connectivity index (χ4v) is 1.75. The van der Waals surface area contributed by atoms with Crippen molar-refractivity contribution in [2.24, 2.45) is 0 Å². The maximum absolute atomic E-state index is 5.33. The average molecular weight is 192 g/mol. The number of nitrogens with zero attached hydrogens (tertiary/aromatic N) is 2. The van der Waals surface area contributed by atoms with Crippen LogP contribution in [0.1, 0.15) is 11.3 Å².